The number of nitrogens with two attached hydrogens (primary N) is 1. The van der Waals surface area contributed by atoms with Crippen LogP contribution in [0.2, 0.25) is 0 Å². The van der Waals surface area contributed by atoms with E-state index in [2.05, 4.69) is 0 Å². The second-order valence-corrected chi connectivity index (χ2v) is 3.45. The highest BCUT2D eigenvalue weighted by atomic mass is 16.3. The Balaban J connectivity index is 2.54. The Labute approximate surface area is 83.4 Å². The van der Waals surface area contributed by atoms with Crippen LogP contribution in [-0.4, -0.2) is 0 Å². The number of hydrogen-bond donors (Lipinski definition) is 1. The minimum absolute atomic E-state index is 0.778. The van der Waals surface area contributed by atoms with Crippen LogP contribution in [0.25, 0.3) is 11.1 Å². The Bertz CT molecular complexity index is 457. The van der Waals surface area contributed by atoms with Gasteiger partial charge in [-0.2, -0.15) is 0 Å². The molecule has 0 spiro atoms. The van der Waals surface area contributed by atoms with Gasteiger partial charge in [-0.3, -0.25) is 0 Å². The third-order valence-corrected chi connectivity index (χ3v) is 2.24. The maximum Gasteiger partial charge on any atom is 0.108 e. The molecule has 2 aromatic rings. The van der Waals surface area contributed by atoms with Crippen LogP contribution < -0.4 is 5.73 Å². The highest BCUT2D eigenvalue weighted by molar-refractivity contribution is 5.69. The third-order valence-electron chi connectivity index (χ3n) is 2.24. The number of hydrogen-bond acceptors (Lipinski definition) is 2. The third kappa shape index (κ3) is 1.51. The quantitative estimate of drug-likeness (QED) is 0.696. The van der Waals surface area contributed by atoms with Crippen molar-refractivity contribution in [1.82, 2.24) is 0 Å². The summed E-state index contributed by atoms with van der Waals surface area (Å²) in [4.78, 5) is 0. The highest BCUT2D eigenvalue weighted by Gasteiger charge is 2.06. The van der Waals surface area contributed by atoms with E-state index >= 15 is 0 Å². The fourth-order valence-corrected chi connectivity index (χ4v) is 1.62. The van der Waals surface area contributed by atoms with Crippen molar-refractivity contribution < 1.29 is 4.42 Å². The van der Waals surface area contributed by atoms with Gasteiger partial charge in [-0.15, -0.1) is 0 Å². The number of aryl methyl sites for hydroxylation is 2. The Morgan fingerprint density at radius 2 is 1.93 bits per heavy atom. The maximum atomic E-state index is 5.72. The zero-order valence-electron chi connectivity index (χ0n) is 8.37. The second kappa shape index (κ2) is 3.22. The molecule has 0 aliphatic rings. The summed E-state index contributed by atoms with van der Waals surface area (Å²) in [6.07, 6.45) is 0. The molecule has 2 heteroatoms. The summed E-state index contributed by atoms with van der Waals surface area (Å²) < 4.78 is 5.47. The van der Waals surface area contributed by atoms with Crippen LogP contribution in [0.4, 0.5) is 5.69 Å². The summed E-state index contributed by atoms with van der Waals surface area (Å²) in [5.41, 5.74) is 8.73. The number of anilines is 1. The number of furan rings is 1. The van der Waals surface area contributed by atoms with Gasteiger partial charge in [-0.25, -0.2) is 0 Å². The summed E-state index contributed by atoms with van der Waals surface area (Å²) in [6, 6.07) is 9.85. The van der Waals surface area contributed by atoms with Crippen molar-refractivity contribution in [2.45, 2.75) is 13.8 Å². The Morgan fingerprint density at radius 1 is 1.14 bits per heavy atom. The maximum absolute atomic E-state index is 5.72. The molecular formula is C12H13NO. The Morgan fingerprint density at radius 3 is 2.50 bits per heavy atom. The van der Waals surface area contributed by atoms with Gasteiger partial charge in [0.15, 0.2) is 0 Å². The lowest BCUT2D eigenvalue weighted by Crippen LogP contribution is -1.84. The Kier molecular flexibility index (Phi) is 2.04. The predicted octanol–water partition coefficient (Wildman–Crippen LogP) is 3.15. The van der Waals surface area contributed by atoms with E-state index in [1.54, 1.807) is 0 Å². The zero-order chi connectivity index (χ0) is 10.1. The van der Waals surface area contributed by atoms with E-state index in [0.717, 1.165) is 28.3 Å². The van der Waals surface area contributed by atoms with Gasteiger partial charge < -0.3 is 10.2 Å². The highest BCUT2D eigenvalue weighted by Crippen LogP contribution is 2.27. The van der Waals surface area contributed by atoms with Crippen LogP contribution in [0.1, 0.15) is 11.5 Å². The van der Waals surface area contributed by atoms with Gasteiger partial charge >= 0.3 is 0 Å². The van der Waals surface area contributed by atoms with Gasteiger partial charge in [-0.1, -0.05) is 12.1 Å². The first kappa shape index (κ1) is 8.88. The molecule has 1 aromatic carbocycles. The second-order valence-electron chi connectivity index (χ2n) is 3.45. The molecule has 2 N–H and O–H groups in total. The minimum atomic E-state index is 0.778. The molecule has 1 aromatic heterocycles. The smallest absolute Gasteiger partial charge is 0.108 e. The number of rotatable bonds is 1. The lowest BCUT2D eigenvalue weighted by molar-refractivity contribution is 0.505. The first-order chi connectivity index (χ1) is 6.66. The molecular weight excluding hydrogens is 174 g/mol. The number of nitrogen functional groups attached to an aromatic ring is 1. The van der Waals surface area contributed by atoms with Gasteiger partial charge in [-0.05, 0) is 37.6 Å². The van der Waals surface area contributed by atoms with Crippen molar-refractivity contribution in [3.05, 3.63) is 41.9 Å². The summed E-state index contributed by atoms with van der Waals surface area (Å²) in [7, 11) is 0. The van der Waals surface area contributed by atoms with Crippen LogP contribution in [-0.2, 0) is 0 Å². The fourth-order valence-electron chi connectivity index (χ4n) is 1.62. The lowest BCUT2D eigenvalue weighted by atomic mass is 10.1. The van der Waals surface area contributed by atoms with Crippen molar-refractivity contribution in [2.75, 3.05) is 5.73 Å². The molecule has 0 aliphatic heterocycles. The van der Waals surface area contributed by atoms with Gasteiger partial charge in [0.05, 0.1) is 0 Å². The molecule has 1 heterocycles. The van der Waals surface area contributed by atoms with Crippen LogP contribution in [0.3, 0.4) is 0 Å². The first-order valence-electron chi connectivity index (χ1n) is 4.60. The minimum Gasteiger partial charge on any atom is -0.466 e. The molecule has 0 aliphatic carbocycles. The van der Waals surface area contributed by atoms with Crippen molar-refractivity contribution in [2.24, 2.45) is 0 Å². The monoisotopic (exact) mass is 187 g/mol. The van der Waals surface area contributed by atoms with Gasteiger partial charge in [0.25, 0.3) is 0 Å². The van der Waals surface area contributed by atoms with Crippen LogP contribution >= 0.6 is 0 Å². The van der Waals surface area contributed by atoms with Crippen molar-refractivity contribution in [3.8, 4) is 11.1 Å². The van der Waals surface area contributed by atoms with E-state index in [-0.39, 0.29) is 0 Å². The molecule has 0 radical (unpaired) electrons. The molecule has 0 saturated heterocycles. The standard InChI is InChI=1S/C12H13NO/c1-8-6-12(9(2)14-8)10-4-3-5-11(13)7-10/h3-7H,13H2,1-2H3. The van der Waals surface area contributed by atoms with E-state index in [9.17, 15) is 0 Å². The lowest BCUT2D eigenvalue weighted by Gasteiger charge is -1.99. The topological polar surface area (TPSA) is 39.2 Å². The van der Waals surface area contributed by atoms with Crippen molar-refractivity contribution in [3.63, 3.8) is 0 Å². The SMILES string of the molecule is Cc1cc(-c2cccc(N)c2)c(C)o1. The van der Waals surface area contributed by atoms with Crippen LogP contribution in [0.15, 0.2) is 34.7 Å². The zero-order valence-corrected chi connectivity index (χ0v) is 8.37. The Hall–Kier alpha value is -1.70. The van der Waals surface area contributed by atoms with E-state index < -0.39 is 0 Å². The average molecular weight is 187 g/mol. The van der Waals surface area contributed by atoms with Crippen LogP contribution in [0, 0.1) is 13.8 Å². The van der Waals surface area contributed by atoms with Crippen molar-refractivity contribution >= 4 is 5.69 Å². The van der Waals surface area contributed by atoms with Crippen LogP contribution in [0.5, 0.6) is 0 Å². The summed E-state index contributed by atoms with van der Waals surface area (Å²) in [5, 5.41) is 0. The molecule has 0 unspecified atom stereocenters. The molecule has 0 saturated carbocycles. The summed E-state index contributed by atoms with van der Waals surface area (Å²) in [5.74, 6) is 1.87. The largest absolute Gasteiger partial charge is 0.466 e. The van der Waals surface area contributed by atoms with Gasteiger partial charge in [0.1, 0.15) is 11.5 Å². The molecule has 0 bridgehead atoms. The summed E-state index contributed by atoms with van der Waals surface area (Å²) >= 11 is 0. The molecule has 0 amide bonds. The van der Waals surface area contributed by atoms with E-state index in [1.165, 1.54) is 0 Å². The van der Waals surface area contributed by atoms with E-state index in [1.807, 2.05) is 44.2 Å². The number of benzene rings is 1. The van der Waals surface area contributed by atoms with Gasteiger partial charge in [0, 0.05) is 11.3 Å². The average Bonchev–Trinajstić information content (AvgIpc) is 2.45. The fraction of sp³-hybridized carbons (Fsp3) is 0.167. The van der Waals surface area contributed by atoms with Crippen molar-refractivity contribution in [1.29, 1.82) is 0 Å². The van der Waals surface area contributed by atoms with Gasteiger partial charge in [0.2, 0.25) is 0 Å². The molecule has 14 heavy (non-hydrogen) atoms. The molecule has 2 nitrogen and oxygen atoms in total. The summed E-state index contributed by atoms with van der Waals surface area (Å²) in [6.45, 7) is 3.91. The molecule has 0 fully saturated rings. The molecule has 0 atom stereocenters. The van der Waals surface area contributed by atoms with E-state index in [0.29, 0.717) is 0 Å². The normalized spacial score (nSPS) is 10.4. The molecule has 72 valence electrons. The molecule has 2 rings (SSSR count). The first-order valence-corrected chi connectivity index (χ1v) is 4.60. The predicted molar refractivity (Wildman–Crippen MR) is 58.0 cm³/mol. The van der Waals surface area contributed by atoms with E-state index in [4.69, 9.17) is 10.2 Å².